The fourth-order valence-electron chi connectivity index (χ4n) is 3.06. The lowest BCUT2D eigenvalue weighted by molar-refractivity contribution is -0.116. The summed E-state index contributed by atoms with van der Waals surface area (Å²) in [6.07, 6.45) is 1.81. The summed E-state index contributed by atoms with van der Waals surface area (Å²) in [5.74, 6) is 0.864. The van der Waals surface area contributed by atoms with E-state index in [4.69, 9.17) is 9.47 Å². The molecule has 0 saturated carbocycles. The van der Waals surface area contributed by atoms with Crippen molar-refractivity contribution in [2.45, 2.75) is 24.2 Å². The summed E-state index contributed by atoms with van der Waals surface area (Å²) in [7, 11) is -3.80. The summed E-state index contributed by atoms with van der Waals surface area (Å²) in [6, 6.07) is 13.1. The molecule has 0 bridgehead atoms. The maximum absolute atomic E-state index is 12.8. The Morgan fingerprint density at radius 3 is 2.45 bits per heavy atom. The smallest absolute Gasteiger partial charge is 0.262 e. The second-order valence-corrected chi connectivity index (χ2v) is 9.48. The Balaban J connectivity index is 1.37. The van der Waals surface area contributed by atoms with E-state index in [2.05, 4.69) is 10.0 Å². The van der Waals surface area contributed by atoms with Crippen molar-refractivity contribution in [2.24, 2.45) is 0 Å². The van der Waals surface area contributed by atoms with Crippen molar-refractivity contribution in [3.05, 3.63) is 64.9 Å². The van der Waals surface area contributed by atoms with E-state index in [-0.39, 0.29) is 10.8 Å². The van der Waals surface area contributed by atoms with Crippen LogP contribution in [-0.4, -0.2) is 27.5 Å². The number of carbonyl (C=O) groups is 1. The Kier molecular flexibility index (Phi) is 6.43. The number of thiophene rings is 1. The molecule has 162 valence electrons. The van der Waals surface area contributed by atoms with Gasteiger partial charge in [-0.25, -0.2) is 8.42 Å². The van der Waals surface area contributed by atoms with Crippen LogP contribution in [0, 0.1) is 0 Å². The summed E-state index contributed by atoms with van der Waals surface area (Å²) in [5, 5.41) is 6.83. The predicted octanol–water partition coefficient (Wildman–Crippen LogP) is 4.28. The number of aryl methyl sites for hydroxylation is 1. The Bertz CT molecular complexity index is 1140. The van der Waals surface area contributed by atoms with Crippen molar-refractivity contribution < 1.29 is 22.7 Å². The van der Waals surface area contributed by atoms with E-state index in [9.17, 15) is 13.2 Å². The molecule has 0 unspecified atom stereocenters. The van der Waals surface area contributed by atoms with E-state index < -0.39 is 10.0 Å². The zero-order chi connectivity index (χ0) is 21.7. The zero-order valence-electron chi connectivity index (χ0n) is 16.7. The quantitative estimate of drug-likeness (QED) is 0.551. The highest BCUT2D eigenvalue weighted by Crippen LogP contribution is 2.32. The largest absolute Gasteiger partial charge is 0.490 e. The highest BCUT2D eigenvalue weighted by Gasteiger charge is 2.19. The number of hydrogen-bond donors (Lipinski definition) is 2. The first kappa shape index (κ1) is 21.2. The molecule has 2 N–H and O–H groups in total. The van der Waals surface area contributed by atoms with Crippen LogP contribution in [0.5, 0.6) is 11.5 Å². The van der Waals surface area contributed by atoms with Gasteiger partial charge in [-0.3, -0.25) is 9.52 Å². The molecule has 3 aromatic rings. The molecule has 0 atom stereocenters. The molecular weight excluding hydrogens is 436 g/mol. The topological polar surface area (TPSA) is 93.7 Å². The predicted molar refractivity (Wildman–Crippen MR) is 121 cm³/mol. The minimum absolute atomic E-state index is 0.0857. The van der Waals surface area contributed by atoms with Gasteiger partial charge in [0.25, 0.3) is 10.0 Å². The number of sulfonamides is 1. The standard InChI is InChI=1S/C22H22N2O5S2/c25-22(9-2-16-10-13-30-15-16)23-17-3-5-18(6-4-17)24-31(26,27)19-7-8-20-21(14-19)29-12-1-11-28-20/h3-8,10,13-15,24H,1-2,9,11-12H2,(H,23,25). The van der Waals surface area contributed by atoms with Crippen LogP contribution in [0.2, 0.25) is 0 Å². The summed E-state index contributed by atoms with van der Waals surface area (Å²) >= 11 is 1.61. The van der Waals surface area contributed by atoms with Crippen molar-refractivity contribution >= 4 is 38.6 Å². The second kappa shape index (κ2) is 9.40. The Morgan fingerprint density at radius 2 is 1.71 bits per heavy atom. The van der Waals surface area contributed by atoms with Gasteiger partial charge in [0.1, 0.15) is 0 Å². The van der Waals surface area contributed by atoms with Gasteiger partial charge < -0.3 is 14.8 Å². The second-order valence-electron chi connectivity index (χ2n) is 7.02. The number of carbonyl (C=O) groups excluding carboxylic acids is 1. The molecule has 7 nitrogen and oxygen atoms in total. The zero-order valence-corrected chi connectivity index (χ0v) is 18.3. The van der Waals surface area contributed by atoms with E-state index in [0.717, 1.165) is 12.0 Å². The van der Waals surface area contributed by atoms with Crippen molar-refractivity contribution in [3.8, 4) is 11.5 Å². The first-order valence-electron chi connectivity index (χ1n) is 9.83. The summed E-state index contributed by atoms with van der Waals surface area (Å²) in [4.78, 5) is 12.2. The number of anilines is 2. The molecular formula is C22H22N2O5S2. The van der Waals surface area contributed by atoms with Gasteiger partial charge >= 0.3 is 0 Å². The number of ether oxygens (including phenoxy) is 2. The van der Waals surface area contributed by atoms with Gasteiger partial charge in [0.2, 0.25) is 5.91 Å². The molecule has 0 spiro atoms. The third kappa shape index (κ3) is 5.56. The molecule has 1 aromatic heterocycles. The van der Waals surface area contributed by atoms with Crippen molar-refractivity contribution in [3.63, 3.8) is 0 Å². The molecule has 0 radical (unpaired) electrons. The van der Waals surface area contributed by atoms with Crippen LogP contribution < -0.4 is 19.5 Å². The molecule has 1 aliphatic rings. The molecule has 1 aliphatic heterocycles. The number of hydrogen-bond acceptors (Lipinski definition) is 6. The number of nitrogens with one attached hydrogen (secondary N) is 2. The third-order valence-corrected chi connectivity index (χ3v) is 6.78. The van der Waals surface area contributed by atoms with Gasteiger partial charge in [-0.2, -0.15) is 11.3 Å². The van der Waals surface area contributed by atoms with Crippen LogP contribution in [0.1, 0.15) is 18.4 Å². The summed E-state index contributed by atoms with van der Waals surface area (Å²) in [5.41, 5.74) is 2.14. The van der Waals surface area contributed by atoms with E-state index in [1.54, 1.807) is 41.7 Å². The van der Waals surface area contributed by atoms with Gasteiger partial charge in [0.05, 0.1) is 18.1 Å². The number of amides is 1. The number of fused-ring (bicyclic) bond motifs is 1. The lowest BCUT2D eigenvalue weighted by atomic mass is 10.2. The van der Waals surface area contributed by atoms with Crippen LogP contribution in [0.4, 0.5) is 11.4 Å². The average Bonchev–Trinajstić information content (AvgIpc) is 3.17. The van der Waals surface area contributed by atoms with Crippen molar-refractivity contribution in [2.75, 3.05) is 23.3 Å². The first-order chi connectivity index (χ1) is 15.0. The summed E-state index contributed by atoms with van der Waals surface area (Å²) in [6.45, 7) is 1.01. The Labute approximate surface area is 185 Å². The SMILES string of the molecule is O=C(CCc1ccsc1)Nc1ccc(NS(=O)(=O)c2ccc3c(c2)OCCCO3)cc1. The molecule has 31 heavy (non-hydrogen) atoms. The third-order valence-electron chi connectivity index (χ3n) is 4.67. The lowest BCUT2D eigenvalue weighted by Gasteiger charge is -2.12. The normalized spacial score (nSPS) is 13.3. The van der Waals surface area contributed by atoms with E-state index in [0.29, 0.717) is 48.9 Å². The van der Waals surface area contributed by atoms with Crippen LogP contribution in [0.25, 0.3) is 0 Å². The van der Waals surface area contributed by atoms with E-state index in [1.807, 2.05) is 16.8 Å². The van der Waals surface area contributed by atoms with Gasteiger partial charge in [-0.15, -0.1) is 0 Å². The van der Waals surface area contributed by atoms with Crippen LogP contribution in [0.3, 0.4) is 0 Å². The highest BCUT2D eigenvalue weighted by molar-refractivity contribution is 7.92. The van der Waals surface area contributed by atoms with Crippen LogP contribution >= 0.6 is 11.3 Å². The van der Waals surface area contributed by atoms with Crippen molar-refractivity contribution in [1.29, 1.82) is 0 Å². The lowest BCUT2D eigenvalue weighted by Crippen LogP contribution is -2.14. The molecule has 1 amide bonds. The number of benzene rings is 2. The Hall–Kier alpha value is -3.04. The molecule has 9 heteroatoms. The molecule has 4 rings (SSSR count). The number of rotatable bonds is 7. The highest BCUT2D eigenvalue weighted by atomic mass is 32.2. The average molecular weight is 459 g/mol. The van der Waals surface area contributed by atoms with Gasteiger partial charge in [0.15, 0.2) is 11.5 Å². The molecule has 0 saturated heterocycles. The molecule has 0 aliphatic carbocycles. The summed E-state index contributed by atoms with van der Waals surface area (Å²) < 4.78 is 39.2. The van der Waals surface area contributed by atoms with Gasteiger partial charge in [-0.1, -0.05) is 0 Å². The molecule has 2 heterocycles. The minimum atomic E-state index is -3.80. The fraction of sp³-hybridized carbons (Fsp3) is 0.227. The maximum Gasteiger partial charge on any atom is 0.262 e. The fourth-order valence-corrected chi connectivity index (χ4v) is 4.84. The van der Waals surface area contributed by atoms with E-state index in [1.165, 1.54) is 12.1 Å². The van der Waals surface area contributed by atoms with Crippen molar-refractivity contribution in [1.82, 2.24) is 0 Å². The molecule has 2 aromatic carbocycles. The van der Waals surface area contributed by atoms with E-state index >= 15 is 0 Å². The van der Waals surface area contributed by atoms with Crippen LogP contribution in [-0.2, 0) is 21.2 Å². The van der Waals surface area contributed by atoms with Gasteiger partial charge in [0, 0.05) is 30.3 Å². The van der Waals surface area contributed by atoms with Gasteiger partial charge in [-0.05, 0) is 65.2 Å². The monoisotopic (exact) mass is 458 g/mol. The first-order valence-corrected chi connectivity index (χ1v) is 12.3. The Morgan fingerprint density at radius 1 is 0.968 bits per heavy atom. The minimum Gasteiger partial charge on any atom is -0.490 e. The molecule has 0 fully saturated rings. The van der Waals surface area contributed by atoms with Crippen LogP contribution in [0.15, 0.2) is 64.2 Å². The maximum atomic E-state index is 12.8.